The first-order chi connectivity index (χ1) is 10.1. The van der Waals surface area contributed by atoms with E-state index in [0.29, 0.717) is 6.42 Å². The molecular formula is C18H18N2O. The lowest BCUT2D eigenvalue weighted by Gasteiger charge is -2.13. The predicted molar refractivity (Wildman–Crippen MR) is 84.1 cm³/mol. The zero-order valence-corrected chi connectivity index (χ0v) is 12.2. The minimum absolute atomic E-state index is 0.529. The Bertz CT molecular complexity index is 783. The van der Waals surface area contributed by atoms with Crippen LogP contribution in [-0.4, -0.2) is 15.1 Å². The van der Waals surface area contributed by atoms with Gasteiger partial charge in [0.15, 0.2) is 0 Å². The van der Waals surface area contributed by atoms with Crippen molar-refractivity contribution in [1.29, 1.82) is 0 Å². The molecule has 0 aliphatic rings. The summed E-state index contributed by atoms with van der Waals surface area (Å²) in [6.45, 7) is 4.19. The molecule has 0 amide bonds. The number of aliphatic hydroxyl groups is 1. The van der Waals surface area contributed by atoms with Crippen molar-refractivity contribution in [2.75, 3.05) is 0 Å². The molecule has 106 valence electrons. The van der Waals surface area contributed by atoms with Crippen LogP contribution in [0.2, 0.25) is 0 Å². The molecule has 1 unspecified atom stereocenters. The Hall–Kier alpha value is -2.26. The fraction of sp³-hybridized carbons (Fsp3) is 0.222. The molecule has 3 nitrogen and oxygen atoms in total. The number of hydrogen-bond acceptors (Lipinski definition) is 3. The predicted octanol–water partition coefficient (Wildman–Crippen LogP) is 3.52. The molecule has 3 aromatic rings. The van der Waals surface area contributed by atoms with Crippen LogP contribution in [0.1, 0.15) is 28.4 Å². The van der Waals surface area contributed by atoms with Gasteiger partial charge in [-0.2, -0.15) is 0 Å². The van der Waals surface area contributed by atoms with Crippen molar-refractivity contribution in [1.82, 2.24) is 9.97 Å². The maximum Gasteiger partial charge on any atom is 0.0890 e. The maximum absolute atomic E-state index is 10.4. The summed E-state index contributed by atoms with van der Waals surface area (Å²) in [7, 11) is 0. The standard InChI is InChI=1S/C18H18N2O/c1-12-3-4-14(9-13(12)2)10-18(21)15-5-6-16-17(11-15)20-8-7-19-16/h3-9,11,18,21H,10H2,1-2H3. The number of aliphatic hydroxyl groups excluding tert-OH is 1. The average Bonchev–Trinajstić information content (AvgIpc) is 2.50. The Balaban J connectivity index is 1.85. The normalized spacial score (nSPS) is 12.5. The van der Waals surface area contributed by atoms with Crippen molar-refractivity contribution < 1.29 is 5.11 Å². The Kier molecular flexibility index (Phi) is 3.67. The van der Waals surface area contributed by atoms with Crippen molar-refractivity contribution in [3.05, 3.63) is 71.0 Å². The highest BCUT2D eigenvalue weighted by atomic mass is 16.3. The van der Waals surface area contributed by atoms with E-state index < -0.39 is 6.10 Å². The van der Waals surface area contributed by atoms with E-state index in [1.54, 1.807) is 12.4 Å². The van der Waals surface area contributed by atoms with Gasteiger partial charge in [0, 0.05) is 18.8 Å². The topological polar surface area (TPSA) is 46.0 Å². The lowest BCUT2D eigenvalue weighted by molar-refractivity contribution is 0.178. The van der Waals surface area contributed by atoms with E-state index in [0.717, 1.165) is 22.2 Å². The molecule has 1 atom stereocenters. The Morgan fingerprint density at radius 3 is 2.43 bits per heavy atom. The van der Waals surface area contributed by atoms with Crippen LogP contribution in [0.3, 0.4) is 0 Å². The summed E-state index contributed by atoms with van der Waals surface area (Å²) < 4.78 is 0. The Morgan fingerprint density at radius 2 is 1.67 bits per heavy atom. The number of rotatable bonds is 3. The first-order valence-electron chi connectivity index (χ1n) is 7.08. The lowest BCUT2D eigenvalue weighted by atomic mass is 9.98. The number of benzene rings is 2. The van der Waals surface area contributed by atoms with Crippen LogP contribution in [0, 0.1) is 13.8 Å². The third-order valence-electron chi connectivity index (χ3n) is 3.88. The SMILES string of the molecule is Cc1ccc(CC(O)c2ccc3nccnc3c2)cc1C. The first-order valence-corrected chi connectivity index (χ1v) is 7.08. The number of aryl methyl sites for hydroxylation is 2. The molecule has 3 heteroatoms. The van der Waals surface area contributed by atoms with Crippen LogP contribution < -0.4 is 0 Å². The maximum atomic E-state index is 10.4. The highest BCUT2D eigenvalue weighted by Gasteiger charge is 2.10. The highest BCUT2D eigenvalue weighted by Crippen LogP contribution is 2.22. The Morgan fingerprint density at radius 1 is 0.905 bits per heavy atom. The second kappa shape index (κ2) is 5.62. The summed E-state index contributed by atoms with van der Waals surface area (Å²) in [5, 5.41) is 10.4. The molecule has 0 radical (unpaired) electrons. The van der Waals surface area contributed by atoms with Gasteiger partial charge in [-0.1, -0.05) is 24.3 Å². The van der Waals surface area contributed by atoms with Gasteiger partial charge in [0.25, 0.3) is 0 Å². The average molecular weight is 278 g/mol. The highest BCUT2D eigenvalue weighted by molar-refractivity contribution is 5.74. The molecule has 21 heavy (non-hydrogen) atoms. The van der Waals surface area contributed by atoms with Gasteiger partial charge in [0.1, 0.15) is 0 Å². The molecule has 3 rings (SSSR count). The van der Waals surface area contributed by atoms with Crippen LogP contribution in [0.4, 0.5) is 0 Å². The van der Waals surface area contributed by atoms with E-state index in [2.05, 4.69) is 42.0 Å². The molecule has 0 saturated heterocycles. The Labute approximate surface area is 124 Å². The largest absolute Gasteiger partial charge is 0.388 e. The number of aromatic nitrogens is 2. The molecule has 0 aliphatic carbocycles. The molecule has 0 fully saturated rings. The minimum Gasteiger partial charge on any atom is -0.388 e. The van der Waals surface area contributed by atoms with Crippen LogP contribution in [0.15, 0.2) is 48.8 Å². The van der Waals surface area contributed by atoms with Gasteiger partial charge < -0.3 is 5.11 Å². The molecule has 1 aromatic heterocycles. The summed E-state index contributed by atoms with van der Waals surface area (Å²) in [4.78, 5) is 8.53. The monoisotopic (exact) mass is 278 g/mol. The fourth-order valence-electron chi connectivity index (χ4n) is 2.46. The first kappa shape index (κ1) is 13.7. The van der Waals surface area contributed by atoms with E-state index in [-0.39, 0.29) is 0 Å². The zero-order chi connectivity index (χ0) is 14.8. The zero-order valence-electron chi connectivity index (χ0n) is 12.2. The second-order valence-electron chi connectivity index (χ2n) is 5.44. The fourth-order valence-corrected chi connectivity index (χ4v) is 2.46. The van der Waals surface area contributed by atoms with E-state index in [9.17, 15) is 5.11 Å². The van der Waals surface area contributed by atoms with Crippen molar-refractivity contribution in [3.63, 3.8) is 0 Å². The lowest BCUT2D eigenvalue weighted by Crippen LogP contribution is -2.02. The van der Waals surface area contributed by atoms with Crippen LogP contribution in [-0.2, 0) is 6.42 Å². The van der Waals surface area contributed by atoms with Gasteiger partial charge in [-0.15, -0.1) is 0 Å². The quantitative estimate of drug-likeness (QED) is 0.797. The number of hydrogen-bond donors (Lipinski definition) is 1. The van der Waals surface area contributed by atoms with E-state index in [1.807, 2.05) is 18.2 Å². The van der Waals surface area contributed by atoms with E-state index in [1.165, 1.54) is 11.1 Å². The van der Waals surface area contributed by atoms with Crippen molar-refractivity contribution in [2.24, 2.45) is 0 Å². The van der Waals surface area contributed by atoms with Crippen molar-refractivity contribution in [3.8, 4) is 0 Å². The molecule has 1 N–H and O–H groups in total. The molecule has 0 aliphatic heterocycles. The van der Waals surface area contributed by atoms with Crippen LogP contribution in [0.25, 0.3) is 11.0 Å². The molecular weight excluding hydrogens is 260 g/mol. The van der Waals surface area contributed by atoms with Gasteiger partial charge in [0.2, 0.25) is 0 Å². The van der Waals surface area contributed by atoms with Gasteiger partial charge in [-0.3, -0.25) is 9.97 Å². The summed E-state index contributed by atoms with van der Waals surface area (Å²) in [6.07, 6.45) is 3.42. The molecule has 0 saturated carbocycles. The summed E-state index contributed by atoms with van der Waals surface area (Å²) >= 11 is 0. The minimum atomic E-state index is -0.529. The number of nitrogens with zero attached hydrogens (tertiary/aromatic N) is 2. The summed E-state index contributed by atoms with van der Waals surface area (Å²) in [6, 6.07) is 12.0. The van der Waals surface area contributed by atoms with Gasteiger partial charge in [0.05, 0.1) is 17.1 Å². The van der Waals surface area contributed by atoms with Crippen LogP contribution in [0.5, 0.6) is 0 Å². The van der Waals surface area contributed by atoms with Crippen molar-refractivity contribution in [2.45, 2.75) is 26.4 Å². The van der Waals surface area contributed by atoms with Crippen molar-refractivity contribution >= 4 is 11.0 Å². The van der Waals surface area contributed by atoms with Crippen LogP contribution >= 0.6 is 0 Å². The molecule has 1 heterocycles. The molecule has 0 spiro atoms. The third kappa shape index (κ3) is 2.93. The van der Waals surface area contributed by atoms with E-state index >= 15 is 0 Å². The van der Waals surface area contributed by atoms with Gasteiger partial charge >= 0.3 is 0 Å². The van der Waals surface area contributed by atoms with Gasteiger partial charge in [-0.25, -0.2) is 0 Å². The number of fused-ring (bicyclic) bond motifs is 1. The van der Waals surface area contributed by atoms with E-state index in [4.69, 9.17) is 0 Å². The third-order valence-corrected chi connectivity index (χ3v) is 3.88. The van der Waals surface area contributed by atoms with Gasteiger partial charge in [-0.05, 0) is 48.2 Å². The second-order valence-corrected chi connectivity index (χ2v) is 5.44. The molecule has 0 bridgehead atoms. The molecule has 2 aromatic carbocycles. The smallest absolute Gasteiger partial charge is 0.0890 e. The summed E-state index contributed by atoms with van der Waals surface area (Å²) in [5.41, 5.74) is 6.21. The summed E-state index contributed by atoms with van der Waals surface area (Å²) in [5.74, 6) is 0.